The van der Waals surface area contributed by atoms with E-state index in [0.717, 1.165) is 0 Å². The molecule has 1 heterocycles. The molecule has 41 heavy (non-hydrogen) atoms. The molecule has 1 aliphatic heterocycles. The zero-order valence-electron chi connectivity index (χ0n) is 24.5. The third kappa shape index (κ3) is 4.02. The van der Waals surface area contributed by atoms with Crippen LogP contribution in [0.2, 0.25) is 0 Å². The van der Waals surface area contributed by atoms with Crippen LogP contribution < -0.4 is 5.32 Å². The van der Waals surface area contributed by atoms with Gasteiger partial charge in [-0.2, -0.15) is 0 Å². The predicted octanol–water partition coefficient (Wildman–Crippen LogP) is 0.794. The minimum absolute atomic E-state index is 0.0285. The lowest BCUT2D eigenvalue weighted by atomic mass is 9.43. The number of likely N-dealkylation sites (N-methyl/N-ethyl adjacent to an activating group) is 1. The molecular weight excluding hydrogens is 530 g/mol. The number of benzene rings is 1. The van der Waals surface area contributed by atoms with Crippen molar-refractivity contribution >= 4 is 11.8 Å². The number of ketones is 1. The number of aliphatic hydroxyl groups is 5. The van der Waals surface area contributed by atoms with E-state index in [9.17, 15) is 35.1 Å². The summed E-state index contributed by atoms with van der Waals surface area (Å²) in [6, 6.07) is 8.20. The second kappa shape index (κ2) is 9.94. The van der Waals surface area contributed by atoms with Crippen molar-refractivity contribution in [1.29, 1.82) is 0 Å². The molecule has 2 saturated carbocycles. The first kappa shape index (κ1) is 30.3. The van der Waals surface area contributed by atoms with Crippen LogP contribution in [0.25, 0.3) is 0 Å². The van der Waals surface area contributed by atoms with Crippen LogP contribution in [0.5, 0.6) is 0 Å². The van der Waals surface area contributed by atoms with Crippen molar-refractivity contribution in [3.05, 3.63) is 47.0 Å². The van der Waals surface area contributed by atoms with Crippen molar-refractivity contribution in [2.75, 3.05) is 13.7 Å². The van der Waals surface area contributed by atoms with Gasteiger partial charge in [0.2, 0.25) is 0 Å². The normalized spacial score (nSPS) is 43.0. The summed E-state index contributed by atoms with van der Waals surface area (Å²) in [6.07, 6.45) is -6.37. The molecule has 1 saturated heterocycles. The fourth-order valence-corrected chi connectivity index (χ4v) is 8.63. The molecule has 3 fully saturated rings. The molecule has 11 unspecified atom stereocenters. The van der Waals surface area contributed by atoms with Gasteiger partial charge >= 0.3 is 5.97 Å². The summed E-state index contributed by atoms with van der Waals surface area (Å²) >= 11 is 0. The summed E-state index contributed by atoms with van der Waals surface area (Å²) in [6.45, 7) is 8.35. The number of carbonyl (C=O) groups is 2. The molecule has 226 valence electrons. The van der Waals surface area contributed by atoms with E-state index in [4.69, 9.17) is 9.47 Å². The van der Waals surface area contributed by atoms with Crippen molar-refractivity contribution in [3.63, 3.8) is 0 Å². The maximum absolute atomic E-state index is 14.2. The minimum atomic E-state index is -1.73. The Morgan fingerprint density at radius 1 is 1.15 bits per heavy atom. The number of Topliss-reactive ketones (excluding diaryl/α,β-unsaturated/α-hetero) is 1. The van der Waals surface area contributed by atoms with Crippen molar-refractivity contribution < 1.29 is 44.6 Å². The van der Waals surface area contributed by atoms with Gasteiger partial charge in [-0.15, -0.1) is 0 Å². The molecule has 0 radical (unpaired) electrons. The Balaban J connectivity index is 1.57. The molecule has 0 aromatic heterocycles. The molecule has 1 aromatic rings. The number of aliphatic hydroxyl groups excluding tert-OH is 3. The van der Waals surface area contributed by atoms with E-state index in [1.165, 1.54) is 0 Å². The topological polar surface area (TPSA) is 166 Å². The van der Waals surface area contributed by atoms with Gasteiger partial charge in [0.1, 0.15) is 17.8 Å². The van der Waals surface area contributed by atoms with E-state index >= 15 is 0 Å². The SMILES string of the molecule is CNC(c1ccccc1)C(O)C(=O)OC1CC2(O)C(C)C3C4(O)COC4CC(O)C3(C)C(=O)C(O)C(=C1C)C2(C)C. The Morgan fingerprint density at radius 2 is 1.78 bits per heavy atom. The summed E-state index contributed by atoms with van der Waals surface area (Å²) < 4.78 is 11.4. The van der Waals surface area contributed by atoms with Gasteiger partial charge in [0.25, 0.3) is 0 Å². The molecule has 0 spiro atoms. The molecule has 10 heteroatoms. The van der Waals surface area contributed by atoms with Gasteiger partial charge in [-0.05, 0) is 43.5 Å². The maximum Gasteiger partial charge on any atom is 0.337 e. The van der Waals surface area contributed by atoms with Crippen molar-refractivity contribution in [1.82, 2.24) is 5.32 Å². The smallest absolute Gasteiger partial charge is 0.337 e. The second-order valence-electron chi connectivity index (χ2n) is 13.3. The van der Waals surface area contributed by atoms with E-state index in [1.807, 2.05) is 6.07 Å². The molecule has 5 rings (SSSR count). The summed E-state index contributed by atoms with van der Waals surface area (Å²) in [7, 11) is 1.62. The highest BCUT2D eigenvalue weighted by molar-refractivity contribution is 5.93. The number of ether oxygens (including phenoxy) is 2. The monoisotopic (exact) mass is 573 g/mol. The van der Waals surface area contributed by atoms with Crippen LogP contribution in [-0.4, -0.2) is 92.7 Å². The van der Waals surface area contributed by atoms with E-state index in [1.54, 1.807) is 65.9 Å². The van der Waals surface area contributed by atoms with E-state index in [-0.39, 0.29) is 25.0 Å². The highest BCUT2D eigenvalue weighted by atomic mass is 16.6. The Kier molecular flexibility index (Phi) is 7.34. The number of esters is 1. The van der Waals surface area contributed by atoms with Crippen molar-refractivity contribution in [3.8, 4) is 0 Å². The predicted molar refractivity (Wildman–Crippen MR) is 147 cm³/mol. The Hall–Kier alpha value is -2.18. The summed E-state index contributed by atoms with van der Waals surface area (Å²) in [5.41, 5.74) is -4.64. The first-order valence-corrected chi connectivity index (χ1v) is 14.4. The Bertz CT molecular complexity index is 1250. The second-order valence-corrected chi connectivity index (χ2v) is 13.3. The average Bonchev–Trinajstić information content (AvgIpc) is 2.92. The molecule has 11 atom stereocenters. The number of hydrogen-bond acceptors (Lipinski definition) is 10. The highest BCUT2D eigenvalue weighted by Crippen LogP contribution is 2.64. The zero-order valence-corrected chi connectivity index (χ0v) is 24.5. The molecular formula is C31H43NO9. The molecule has 10 nitrogen and oxygen atoms in total. The van der Waals surface area contributed by atoms with Gasteiger partial charge in [-0.1, -0.05) is 51.1 Å². The number of carbonyl (C=O) groups excluding carboxylic acids is 2. The average molecular weight is 574 g/mol. The molecule has 6 N–H and O–H groups in total. The number of hydrogen-bond donors (Lipinski definition) is 6. The third-order valence-electron chi connectivity index (χ3n) is 11.1. The Labute approximate surface area is 240 Å². The third-order valence-corrected chi connectivity index (χ3v) is 11.1. The quantitative estimate of drug-likeness (QED) is 0.219. The highest BCUT2D eigenvalue weighted by Gasteiger charge is 2.74. The van der Waals surface area contributed by atoms with Crippen LogP contribution in [0.4, 0.5) is 0 Å². The number of fused-ring (bicyclic) bond motifs is 5. The summed E-state index contributed by atoms with van der Waals surface area (Å²) in [5.74, 6) is -3.34. The van der Waals surface area contributed by atoms with E-state index in [2.05, 4.69) is 5.32 Å². The molecule has 0 amide bonds. The van der Waals surface area contributed by atoms with Gasteiger partial charge in [-0.25, -0.2) is 4.79 Å². The lowest BCUT2D eigenvalue weighted by Crippen LogP contribution is -2.78. The first-order chi connectivity index (χ1) is 19.1. The largest absolute Gasteiger partial charge is 0.456 e. The van der Waals surface area contributed by atoms with Crippen LogP contribution in [0.1, 0.15) is 59.1 Å². The van der Waals surface area contributed by atoms with Gasteiger partial charge in [-0.3, -0.25) is 4.79 Å². The zero-order chi connectivity index (χ0) is 30.3. The van der Waals surface area contributed by atoms with Crippen LogP contribution in [0.3, 0.4) is 0 Å². The van der Waals surface area contributed by atoms with Crippen LogP contribution in [0, 0.1) is 22.7 Å². The lowest BCUT2D eigenvalue weighted by molar-refractivity contribution is -0.335. The fourth-order valence-electron chi connectivity index (χ4n) is 8.63. The first-order valence-electron chi connectivity index (χ1n) is 14.4. The summed E-state index contributed by atoms with van der Waals surface area (Å²) in [5, 5.41) is 61.3. The fraction of sp³-hybridized carbons (Fsp3) is 0.677. The minimum Gasteiger partial charge on any atom is -0.456 e. The van der Waals surface area contributed by atoms with E-state index < -0.39 is 82.2 Å². The van der Waals surface area contributed by atoms with Crippen molar-refractivity contribution in [2.45, 2.75) is 95.2 Å². The van der Waals surface area contributed by atoms with Crippen LogP contribution in [0.15, 0.2) is 41.5 Å². The van der Waals surface area contributed by atoms with Crippen molar-refractivity contribution in [2.24, 2.45) is 22.7 Å². The molecule has 1 aromatic carbocycles. The maximum atomic E-state index is 14.2. The van der Waals surface area contributed by atoms with Gasteiger partial charge in [0.05, 0.1) is 35.9 Å². The molecule has 2 bridgehead atoms. The number of nitrogens with one attached hydrogen (secondary N) is 1. The molecule has 4 aliphatic rings. The molecule has 3 aliphatic carbocycles. The lowest BCUT2D eigenvalue weighted by Gasteiger charge is -2.67. The standard InChI is InChI=1S/C31H43NO9/c1-15-18(41-27(37)24(35)22(32-6)17-10-8-7-9-11-17)13-31(39)16(2)25-29(5,19(33)12-20-30(25,38)14-40-20)26(36)23(34)21(15)28(31,3)4/h7-11,16,18-20,22-25,32-35,38-39H,12-14H2,1-6H3. The Morgan fingerprint density at radius 3 is 2.34 bits per heavy atom. The number of rotatable bonds is 5. The van der Waals surface area contributed by atoms with E-state index in [0.29, 0.717) is 11.1 Å². The van der Waals surface area contributed by atoms with Gasteiger partial charge < -0.3 is 40.3 Å². The van der Waals surface area contributed by atoms with Crippen LogP contribution >= 0.6 is 0 Å². The van der Waals surface area contributed by atoms with Gasteiger partial charge in [0.15, 0.2) is 11.9 Å². The van der Waals surface area contributed by atoms with Gasteiger partial charge in [0, 0.05) is 24.2 Å². The summed E-state index contributed by atoms with van der Waals surface area (Å²) in [4.78, 5) is 27.5. The van der Waals surface area contributed by atoms with Crippen LogP contribution in [-0.2, 0) is 19.1 Å².